The zero-order valence-corrected chi connectivity index (χ0v) is 12.0. The van der Waals surface area contributed by atoms with Gasteiger partial charge in [0.1, 0.15) is 5.82 Å². The molecule has 0 aliphatic rings. The highest BCUT2D eigenvalue weighted by Crippen LogP contribution is 2.24. The molecule has 4 nitrogen and oxygen atoms in total. The molecule has 1 unspecified atom stereocenters. The van der Waals surface area contributed by atoms with Crippen LogP contribution < -0.4 is 10.6 Å². The lowest BCUT2D eigenvalue weighted by Gasteiger charge is -2.10. The molecule has 0 aliphatic heterocycles. The summed E-state index contributed by atoms with van der Waals surface area (Å²) in [5.41, 5.74) is 1.18. The van der Waals surface area contributed by atoms with Gasteiger partial charge in [-0.15, -0.1) is 0 Å². The van der Waals surface area contributed by atoms with E-state index in [0.717, 1.165) is 5.56 Å². The van der Waals surface area contributed by atoms with E-state index in [-0.39, 0.29) is 10.7 Å². The van der Waals surface area contributed by atoms with Gasteiger partial charge in [-0.25, -0.2) is 9.18 Å². The lowest BCUT2D eigenvalue weighted by molar-refractivity contribution is 0.199. The predicted molar refractivity (Wildman–Crippen MR) is 81.1 cm³/mol. The van der Waals surface area contributed by atoms with E-state index in [4.69, 9.17) is 11.6 Å². The number of hydrogen-bond acceptors (Lipinski definition) is 2. The average Bonchev–Trinajstić information content (AvgIpc) is 2.43. The minimum atomic E-state index is -0.609. The molecule has 0 radical (unpaired) electrons. The third-order valence-corrected chi connectivity index (χ3v) is 3.17. The number of amides is 2. The second kappa shape index (κ2) is 6.56. The van der Waals surface area contributed by atoms with Crippen molar-refractivity contribution in [2.24, 2.45) is 0 Å². The largest absolute Gasteiger partial charge is 0.389 e. The fourth-order valence-corrected chi connectivity index (χ4v) is 1.95. The highest BCUT2D eigenvalue weighted by Gasteiger charge is 2.10. The van der Waals surface area contributed by atoms with Gasteiger partial charge in [-0.1, -0.05) is 29.8 Å². The lowest BCUT2D eigenvalue weighted by Crippen LogP contribution is -2.20. The van der Waals surface area contributed by atoms with E-state index in [1.807, 2.05) is 0 Å². The molecule has 0 saturated carbocycles. The number of benzene rings is 2. The summed E-state index contributed by atoms with van der Waals surface area (Å²) in [6, 6.07) is 10.2. The Morgan fingerprint density at radius 1 is 1.19 bits per heavy atom. The van der Waals surface area contributed by atoms with Crippen molar-refractivity contribution in [3.05, 3.63) is 58.9 Å². The Morgan fingerprint density at radius 2 is 1.86 bits per heavy atom. The van der Waals surface area contributed by atoms with E-state index in [1.54, 1.807) is 31.2 Å². The Hall–Kier alpha value is -2.11. The Labute approximate surface area is 126 Å². The van der Waals surface area contributed by atoms with Crippen LogP contribution in [0.25, 0.3) is 0 Å². The summed E-state index contributed by atoms with van der Waals surface area (Å²) < 4.78 is 13.5. The van der Waals surface area contributed by atoms with Gasteiger partial charge in [-0.05, 0) is 36.8 Å². The summed E-state index contributed by atoms with van der Waals surface area (Å²) in [7, 11) is 0. The number of nitrogens with one attached hydrogen (secondary N) is 2. The molecular formula is C15H14ClFN2O2. The van der Waals surface area contributed by atoms with E-state index in [2.05, 4.69) is 10.6 Å². The minimum absolute atomic E-state index is 0.0720. The van der Waals surface area contributed by atoms with E-state index in [9.17, 15) is 14.3 Å². The molecule has 6 heteroatoms. The van der Waals surface area contributed by atoms with Crippen molar-refractivity contribution in [3.63, 3.8) is 0 Å². The Morgan fingerprint density at radius 3 is 2.43 bits per heavy atom. The number of urea groups is 1. The van der Waals surface area contributed by atoms with Gasteiger partial charge in [0.2, 0.25) is 0 Å². The molecule has 2 amide bonds. The van der Waals surface area contributed by atoms with Crippen LogP contribution in [-0.2, 0) is 0 Å². The highest BCUT2D eigenvalue weighted by molar-refractivity contribution is 6.33. The van der Waals surface area contributed by atoms with Gasteiger partial charge in [0.15, 0.2) is 0 Å². The second-order valence-electron chi connectivity index (χ2n) is 4.47. The fraction of sp³-hybridized carbons (Fsp3) is 0.133. The van der Waals surface area contributed by atoms with Crippen LogP contribution in [-0.4, -0.2) is 11.1 Å². The summed E-state index contributed by atoms with van der Waals surface area (Å²) >= 11 is 5.82. The van der Waals surface area contributed by atoms with E-state index >= 15 is 0 Å². The van der Waals surface area contributed by atoms with Gasteiger partial charge in [0, 0.05) is 5.69 Å². The van der Waals surface area contributed by atoms with Crippen LogP contribution in [0.15, 0.2) is 42.5 Å². The number of para-hydroxylation sites is 1. The van der Waals surface area contributed by atoms with E-state index < -0.39 is 18.0 Å². The first-order chi connectivity index (χ1) is 9.97. The van der Waals surface area contributed by atoms with Gasteiger partial charge in [0.05, 0.1) is 16.8 Å². The monoisotopic (exact) mass is 308 g/mol. The van der Waals surface area contributed by atoms with Crippen molar-refractivity contribution >= 4 is 29.0 Å². The normalized spacial score (nSPS) is 11.8. The maximum Gasteiger partial charge on any atom is 0.323 e. The molecule has 0 heterocycles. The second-order valence-corrected chi connectivity index (χ2v) is 4.88. The number of rotatable bonds is 3. The number of hydrogen-bond donors (Lipinski definition) is 3. The molecule has 0 saturated heterocycles. The van der Waals surface area contributed by atoms with E-state index in [0.29, 0.717) is 5.69 Å². The van der Waals surface area contributed by atoms with Gasteiger partial charge in [-0.3, -0.25) is 0 Å². The van der Waals surface area contributed by atoms with Gasteiger partial charge < -0.3 is 15.7 Å². The molecule has 2 aromatic rings. The molecule has 0 spiro atoms. The quantitative estimate of drug-likeness (QED) is 0.796. The molecule has 0 fully saturated rings. The van der Waals surface area contributed by atoms with E-state index in [1.165, 1.54) is 18.2 Å². The lowest BCUT2D eigenvalue weighted by atomic mass is 10.1. The molecule has 2 aromatic carbocycles. The number of carbonyl (C=O) groups is 1. The molecule has 2 rings (SSSR count). The standard InChI is InChI=1S/C15H14ClFN2O2/c1-9(20)10-5-7-11(8-6-10)18-15(21)19-14-12(16)3-2-4-13(14)17/h2-9,20H,1H3,(H2,18,19,21). The van der Waals surface area contributed by atoms with Crippen LogP contribution in [0.4, 0.5) is 20.6 Å². The summed E-state index contributed by atoms with van der Waals surface area (Å²) in [5, 5.41) is 14.4. The molecule has 110 valence electrons. The number of carbonyl (C=O) groups excluding carboxylic acids is 1. The molecule has 21 heavy (non-hydrogen) atoms. The van der Waals surface area contributed by atoms with Crippen LogP contribution in [0.2, 0.25) is 5.02 Å². The number of halogens is 2. The van der Waals surface area contributed by atoms with Crippen molar-refractivity contribution in [3.8, 4) is 0 Å². The fourth-order valence-electron chi connectivity index (χ4n) is 1.74. The maximum absolute atomic E-state index is 13.5. The topological polar surface area (TPSA) is 61.4 Å². The first-order valence-electron chi connectivity index (χ1n) is 6.27. The van der Waals surface area contributed by atoms with Crippen LogP contribution in [0.3, 0.4) is 0 Å². The predicted octanol–water partition coefficient (Wildman–Crippen LogP) is 4.18. The molecular weight excluding hydrogens is 295 g/mol. The molecule has 3 N–H and O–H groups in total. The molecule has 0 aliphatic carbocycles. The van der Waals surface area contributed by atoms with Gasteiger partial charge in [0.25, 0.3) is 0 Å². The summed E-state index contributed by atoms with van der Waals surface area (Å²) in [4.78, 5) is 11.8. The van der Waals surface area contributed by atoms with Crippen molar-refractivity contribution in [2.75, 3.05) is 10.6 Å². The maximum atomic E-state index is 13.5. The van der Waals surface area contributed by atoms with Crippen LogP contribution in [0.1, 0.15) is 18.6 Å². The number of aliphatic hydroxyl groups is 1. The SMILES string of the molecule is CC(O)c1ccc(NC(=O)Nc2c(F)cccc2Cl)cc1. The van der Waals surface area contributed by atoms with Crippen LogP contribution in [0.5, 0.6) is 0 Å². The molecule has 1 atom stereocenters. The molecule has 0 aromatic heterocycles. The van der Waals surface area contributed by atoms with Crippen molar-refractivity contribution in [1.29, 1.82) is 0 Å². The van der Waals surface area contributed by atoms with Crippen LogP contribution >= 0.6 is 11.6 Å². The average molecular weight is 309 g/mol. The number of aliphatic hydroxyl groups excluding tert-OH is 1. The van der Waals surface area contributed by atoms with Crippen LogP contribution in [0, 0.1) is 5.82 Å². The molecule has 0 bridgehead atoms. The summed E-state index contributed by atoms with van der Waals surface area (Å²) in [6.45, 7) is 1.65. The Bertz CT molecular complexity index is 624. The smallest absolute Gasteiger partial charge is 0.323 e. The Balaban J connectivity index is 2.05. The Kier molecular flexibility index (Phi) is 4.77. The zero-order valence-electron chi connectivity index (χ0n) is 11.2. The van der Waals surface area contributed by atoms with Gasteiger partial charge in [-0.2, -0.15) is 0 Å². The summed E-state index contributed by atoms with van der Waals surface area (Å²) in [5.74, 6) is -0.609. The van der Waals surface area contributed by atoms with Crippen molar-refractivity contribution in [2.45, 2.75) is 13.0 Å². The third kappa shape index (κ3) is 3.93. The highest BCUT2D eigenvalue weighted by atomic mass is 35.5. The van der Waals surface area contributed by atoms with Crippen molar-refractivity contribution < 1.29 is 14.3 Å². The first kappa shape index (κ1) is 15.3. The number of anilines is 2. The first-order valence-corrected chi connectivity index (χ1v) is 6.65. The van der Waals surface area contributed by atoms with Gasteiger partial charge >= 0.3 is 6.03 Å². The zero-order chi connectivity index (χ0) is 15.4. The minimum Gasteiger partial charge on any atom is -0.389 e. The third-order valence-electron chi connectivity index (χ3n) is 2.85. The summed E-state index contributed by atoms with van der Waals surface area (Å²) in [6.07, 6.45) is -0.579. The van der Waals surface area contributed by atoms with Crippen molar-refractivity contribution in [1.82, 2.24) is 0 Å².